The number of piperidine rings is 1. The second kappa shape index (κ2) is 12.6. The number of hydrogen-bond acceptors (Lipinski definition) is 2. The molecule has 0 spiro atoms. The lowest BCUT2D eigenvalue weighted by Gasteiger charge is -2.33. The molecule has 1 saturated heterocycles. The zero-order valence-electron chi connectivity index (χ0n) is 19.2. The van der Waals surface area contributed by atoms with Crippen LogP contribution in [0, 0.1) is 5.92 Å². The number of likely N-dealkylation sites (tertiary alicyclic amines) is 1. The van der Waals surface area contributed by atoms with Gasteiger partial charge in [-0.05, 0) is 68.2 Å². The van der Waals surface area contributed by atoms with E-state index >= 15 is 0 Å². The van der Waals surface area contributed by atoms with Crippen molar-refractivity contribution in [3.8, 4) is 0 Å². The Morgan fingerprint density at radius 1 is 0.656 bits per heavy atom. The fourth-order valence-corrected chi connectivity index (χ4v) is 5.06. The topological polar surface area (TPSA) is 12.5 Å². The van der Waals surface area contributed by atoms with Crippen LogP contribution in [-0.2, 0) is 11.3 Å². The first-order valence-corrected chi connectivity index (χ1v) is 12.3. The van der Waals surface area contributed by atoms with Crippen molar-refractivity contribution in [3.05, 3.63) is 108 Å². The van der Waals surface area contributed by atoms with Crippen LogP contribution < -0.4 is 0 Å². The van der Waals surface area contributed by atoms with Crippen molar-refractivity contribution < 1.29 is 4.74 Å². The van der Waals surface area contributed by atoms with E-state index in [1.54, 1.807) is 0 Å². The van der Waals surface area contributed by atoms with Gasteiger partial charge in [0.25, 0.3) is 0 Å². The van der Waals surface area contributed by atoms with Crippen LogP contribution in [-0.4, -0.2) is 30.6 Å². The van der Waals surface area contributed by atoms with Crippen LogP contribution in [0.2, 0.25) is 0 Å². The van der Waals surface area contributed by atoms with E-state index in [0.29, 0.717) is 6.10 Å². The quantitative estimate of drug-likeness (QED) is 0.422. The fourth-order valence-electron chi connectivity index (χ4n) is 5.06. The highest BCUT2D eigenvalue weighted by atomic mass is 16.5. The molecule has 2 nitrogen and oxygen atoms in total. The molecule has 2 aliphatic rings. The molecule has 168 valence electrons. The van der Waals surface area contributed by atoms with E-state index in [4.69, 9.17) is 4.74 Å². The average molecular weight is 428 g/mol. The van der Waals surface area contributed by atoms with Gasteiger partial charge >= 0.3 is 0 Å². The van der Waals surface area contributed by atoms with Crippen LogP contribution in [0.25, 0.3) is 0 Å². The lowest BCUT2D eigenvalue weighted by molar-refractivity contribution is 0.0412. The molecule has 1 saturated carbocycles. The fraction of sp³-hybridized carbons (Fsp3) is 0.400. The van der Waals surface area contributed by atoms with E-state index in [2.05, 4.69) is 65.6 Å². The SMILES string of the molecule is c1ccc(COC2CCC(CN3CCC(c4ccccc4)CC3)C2)cc1.c1ccccc1. The van der Waals surface area contributed by atoms with E-state index in [9.17, 15) is 0 Å². The molecule has 2 atom stereocenters. The molecule has 0 N–H and O–H groups in total. The third-order valence-corrected chi connectivity index (χ3v) is 6.86. The molecule has 3 aromatic rings. The zero-order chi connectivity index (χ0) is 21.8. The first-order chi connectivity index (χ1) is 15.9. The van der Waals surface area contributed by atoms with Crippen LogP contribution >= 0.6 is 0 Å². The highest BCUT2D eigenvalue weighted by Crippen LogP contribution is 2.32. The van der Waals surface area contributed by atoms with Gasteiger partial charge in [-0.15, -0.1) is 0 Å². The molecule has 0 radical (unpaired) electrons. The van der Waals surface area contributed by atoms with Crippen LogP contribution in [0.15, 0.2) is 97.1 Å². The maximum absolute atomic E-state index is 6.16. The van der Waals surface area contributed by atoms with Gasteiger partial charge in [-0.1, -0.05) is 97.1 Å². The maximum atomic E-state index is 6.16. The third kappa shape index (κ3) is 7.32. The smallest absolute Gasteiger partial charge is 0.0720 e. The summed E-state index contributed by atoms with van der Waals surface area (Å²) < 4.78 is 6.16. The predicted molar refractivity (Wildman–Crippen MR) is 134 cm³/mol. The summed E-state index contributed by atoms with van der Waals surface area (Å²) in [6.07, 6.45) is 6.89. The highest BCUT2D eigenvalue weighted by Gasteiger charge is 2.28. The third-order valence-electron chi connectivity index (χ3n) is 6.86. The van der Waals surface area contributed by atoms with Gasteiger partial charge in [0.15, 0.2) is 0 Å². The molecule has 3 aromatic carbocycles. The van der Waals surface area contributed by atoms with Gasteiger partial charge in [-0.3, -0.25) is 0 Å². The minimum Gasteiger partial charge on any atom is -0.374 e. The molecule has 0 amide bonds. The van der Waals surface area contributed by atoms with Crippen molar-refractivity contribution in [2.24, 2.45) is 5.92 Å². The van der Waals surface area contributed by atoms with Gasteiger partial charge < -0.3 is 9.64 Å². The molecule has 1 heterocycles. The second-order valence-corrected chi connectivity index (χ2v) is 9.24. The molecule has 2 fully saturated rings. The Kier molecular flexibility index (Phi) is 8.94. The molecule has 2 heteroatoms. The van der Waals surface area contributed by atoms with Gasteiger partial charge in [-0.2, -0.15) is 0 Å². The van der Waals surface area contributed by atoms with E-state index in [-0.39, 0.29) is 0 Å². The maximum Gasteiger partial charge on any atom is 0.0720 e. The molecule has 1 aliphatic carbocycles. The van der Waals surface area contributed by atoms with Crippen LogP contribution in [0.4, 0.5) is 0 Å². The van der Waals surface area contributed by atoms with Crippen LogP contribution in [0.5, 0.6) is 0 Å². The first kappa shape index (κ1) is 22.8. The Labute approximate surface area is 194 Å². The Bertz CT molecular complexity index is 832. The number of hydrogen-bond donors (Lipinski definition) is 0. The van der Waals surface area contributed by atoms with Crippen molar-refractivity contribution in [1.29, 1.82) is 0 Å². The van der Waals surface area contributed by atoms with Crippen LogP contribution in [0.1, 0.15) is 49.1 Å². The Morgan fingerprint density at radius 2 is 1.22 bits per heavy atom. The second-order valence-electron chi connectivity index (χ2n) is 9.24. The van der Waals surface area contributed by atoms with Crippen molar-refractivity contribution in [2.75, 3.05) is 19.6 Å². The molecule has 1 aliphatic heterocycles. The zero-order valence-corrected chi connectivity index (χ0v) is 19.2. The summed E-state index contributed by atoms with van der Waals surface area (Å²) in [5, 5.41) is 0. The predicted octanol–water partition coefficient (Wildman–Crippen LogP) is 6.94. The number of nitrogens with zero attached hydrogens (tertiary/aromatic N) is 1. The number of benzene rings is 3. The lowest BCUT2D eigenvalue weighted by Crippen LogP contribution is -2.36. The monoisotopic (exact) mass is 427 g/mol. The van der Waals surface area contributed by atoms with Gasteiger partial charge in [0.1, 0.15) is 0 Å². The van der Waals surface area contributed by atoms with E-state index in [1.807, 2.05) is 36.4 Å². The molecule has 2 unspecified atom stereocenters. The van der Waals surface area contributed by atoms with Crippen molar-refractivity contribution in [1.82, 2.24) is 4.90 Å². The van der Waals surface area contributed by atoms with Gasteiger partial charge in [0.2, 0.25) is 0 Å². The number of rotatable bonds is 6. The van der Waals surface area contributed by atoms with Gasteiger partial charge in [0, 0.05) is 6.54 Å². The molecule has 5 rings (SSSR count). The average Bonchev–Trinajstić information content (AvgIpc) is 3.33. The highest BCUT2D eigenvalue weighted by molar-refractivity contribution is 5.20. The van der Waals surface area contributed by atoms with E-state index in [1.165, 1.54) is 62.9 Å². The molecule has 0 bridgehead atoms. The van der Waals surface area contributed by atoms with Crippen molar-refractivity contribution in [3.63, 3.8) is 0 Å². The minimum absolute atomic E-state index is 0.460. The number of ether oxygens (including phenoxy) is 1. The molecule has 32 heavy (non-hydrogen) atoms. The minimum atomic E-state index is 0.460. The Balaban J connectivity index is 0.000000354. The largest absolute Gasteiger partial charge is 0.374 e. The van der Waals surface area contributed by atoms with Crippen molar-refractivity contribution >= 4 is 0 Å². The Hall–Kier alpha value is -2.42. The summed E-state index contributed by atoms with van der Waals surface area (Å²) in [6, 6.07) is 33.6. The summed E-state index contributed by atoms with van der Waals surface area (Å²) in [6.45, 7) is 4.55. The molecular weight excluding hydrogens is 390 g/mol. The van der Waals surface area contributed by atoms with E-state index < -0.39 is 0 Å². The first-order valence-electron chi connectivity index (χ1n) is 12.3. The van der Waals surface area contributed by atoms with Gasteiger partial charge in [-0.25, -0.2) is 0 Å². The summed E-state index contributed by atoms with van der Waals surface area (Å²) in [5.41, 5.74) is 2.82. The standard InChI is InChI=1S/C24H31NO.C6H6/c1-3-7-20(8-4-1)19-26-24-12-11-21(17-24)18-25-15-13-23(14-16-25)22-9-5-2-6-10-22;1-2-4-6-5-3-1/h1-10,21,23-24H,11-19H2;1-6H. The molecule has 0 aromatic heterocycles. The Morgan fingerprint density at radius 3 is 1.84 bits per heavy atom. The van der Waals surface area contributed by atoms with E-state index in [0.717, 1.165) is 18.4 Å². The summed E-state index contributed by atoms with van der Waals surface area (Å²) in [5.74, 6) is 1.59. The molecular formula is C30H37NO. The van der Waals surface area contributed by atoms with Crippen LogP contribution in [0.3, 0.4) is 0 Å². The summed E-state index contributed by atoms with van der Waals surface area (Å²) in [4.78, 5) is 2.70. The lowest BCUT2D eigenvalue weighted by atomic mass is 9.89. The summed E-state index contributed by atoms with van der Waals surface area (Å²) in [7, 11) is 0. The normalized spacial score (nSPS) is 21.6. The van der Waals surface area contributed by atoms with Gasteiger partial charge in [0.05, 0.1) is 12.7 Å². The van der Waals surface area contributed by atoms with Crippen molar-refractivity contribution in [2.45, 2.75) is 50.7 Å². The summed E-state index contributed by atoms with van der Waals surface area (Å²) >= 11 is 0.